The number of nitrogens with one attached hydrogen (secondary N) is 2. The highest BCUT2D eigenvalue weighted by Crippen LogP contribution is 2.24. The summed E-state index contributed by atoms with van der Waals surface area (Å²) in [4.78, 5) is 35.4. The molecule has 0 saturated carbocycles. The van der Waals surface area contributed by atoms with E-state index in [1.54, 1.807) is 36.6 Å². The Morgan fingerprint density at radius 1 is 1.24 bits per heavy atom. The highest BCUT2D eigenvalue weighted by molar-refractivity contribution is 7.99. The van der Waals surface area contributed by atoms with Crippen molar-refractivity contribution in [2.24, 2.45) is 0 Å². The molecule has 2 amide bonds. The van der Waals surface area contributed by atoms with Crippen LogP contribution in [0.5, 0.6) is 0 Å². The molecule has 2 N–H and O–H groups in total. The summed E-state index contributed by atoms with van der Waals surface area (Å²) in [6.07, 6.45) is 0. The molecule has 0 radical (unpaired) electrons. The Hall–Kier alpha value is -3.80. The number of nitro benzene ring substituents is 1. The van der Waals surface area contributed by atoms with Gasteiger partial charge in [0.2, 0.25) is 5.91 Å². The first-order valence-electron chi connectivity index (χ1n) is 10.4. The first-order chi connectivity index (χ1) is 16.2. The third kappa shape index (κ3) is 5.76. The van der Waals surface area contributed by atoms with Crippen molar-refractivity contribution in [2.45, 2.75) is 38.5 Å². The fourth-order valence-corrected chi connectivity index (χ4v) is 4.03. The van der Waals surface area contributed by atoms with Crippen LogP contribution in [-0.4, -0.2) is 37.3 Å². The van der Waals surface area contributed by atoms with Gasteiger partial charge in [0.15, 0.2) is 11.0 Å². The summed E-state index contributed by atoms with van der Waals surface area (Å²) in [6.45, 7) is 5.68. The Morgan fingerprint density at radius 3 is 2.65 bits per heavy atom. The number of anilines is 1. The topological polar surface area (TPSA) is 132 Å². The van der Waals surface area contributed by atoms with Gasteiger partial charge in [-0.25, -0.2) is 4.39 Å². The molecular formula is C22H23FN6O4S. The number of nitro groups is 1. The Kier molecular flexibility index (Phi) is 7.95. The second-order valence-electron chi connectivity index (χ2n) is 7.36. The molecule has 1 heterocycles. The third-order valence-corrected chi connectivity index (χ3v) is 5.90. The van der Waals surface area contributed by atoms with Crippen LogP contribution in [0.1, 0.15) is 41.6 Å². The van der Waals surface area contributed by atoms with Gasteiger partial charge >= 0.3 is 0 Å². The van der Waals surface area contributed by atoms with Crippen molar-refractivity contribution in [2.75, 3.05) is 11.1 Å². The molecule has 2 aromatic carbocycles. The lowest BCUT2D eigenvalue weighted by Gasteiger charge is -2.15. The fraction of sp³-hybridized carbons (Fsp3) is 0.273. The molecule has 0 aliphatic rings. The van der Waals surface area contributed by atoms with Crippen molar-refractivity contribution in [1.82, 2.24) is 20.1 Å². The van der Waals surface area contributed by atoms with Crippen molar-refractivity contribution in [1.29, 1.82) is 0 Å². The van der Waals surface area contributed by atoms with Gasteiger partial charge in [0.25, 0.3) is 11.6 Å². The molecular weight excluding hydrogens is 463 g/mol. The third-order valence-electron chi connectivity index (χ3n) is 4.94. The first kappa shape index (κ1) is 24.8. The Bertz CT molecular complexity index is 1230. The number of halogens is 1. The fourth-order valence-electron chi connectivity index (χ4n) is 3.22. The van der Waals surface area contributed by atoms with Crippen LogP contribution in [0.3, 0.4) is 0 Å². The van der Waals surface area contributed by atoms with Gasteiger partial charge in [-0.15, -0.1) is 10.2 Å². The van der Waals surface area contributed by atoms with Crippen LogP contribution < -0.4 is 10.6 Å². The number of aromatic nitrogens is 3. The molecule has 178 valence electrons. The van der Waals surface area contributed by atoms with Crippen molar-refractivity contribution in [3.05, 3.63) is 75.3 Å². The van der Waals surface area contributed by atoms with E-state index in [4.69, 9.17) is 0 Å². The molecule has 0 saturated heterocycles. The summed E-state index contributed by atoms with van der Waals surface area (Å²) in [7, 11) is 0. The zero-order valence-electron chi connectivity index (χ0n) is 18.7. The molecule has 0 aliphatic carbocycles. The lowest BCUT2D eigenvalue weighted by molar-refractivity contribution is -0.385. The van der Waals surface area contributed by atoms with Crippen molar-refractivity contribution in [3.8, 4) is 0 Å². The van der Waals surface area contributed by atoms with Gasteiger partial charge in [-0.2, -0.15) is 0 Å². The van der Waals surface area contributed by atoms with Crippen molar-refractivity contribution < 1.29 is 18.9 Å². The normalized spacial score (nSPS) is 11.6. The summed E-state index contributed by atoms with van der Waals surface area (Å²) in [5.41, 5.74) is 0.675. The molecule has 1 atom stereocenters. The number of nitrogens with zero attached hydrogens (tertiary/aromatic N) is 4. The van der Waals surface area contributed by atoms with Gasteiger partial charge in [-0.1, -0.05) is 30.0 Å². The van der Waals surface area contributed by atoms with Crippen LogP contribution in [0.2, 0.25) is 0 Å². The first-order valence-corrected chi connectivity index (χ1v) is 11.4. The van der Waals surface area contributed by atoms with Crippen LogP contribution in [0.4, 0.5) is 15.8 Å². The monoisotopic (exact) mass is 486 g/mol. The predicted octanol–water partition coefficient (Wildman–Crippen LogP) is 3.88. The minimum Gasteiger partial charge on any atom is -0.342 e. The molecule has 34 heavy (non-hydrogen) atoms. The number of benzene rings is 2. The van der Waals surface area contributed by atoms with E-state index in [0.717, 1.165) is 11.8 Å². The van der Waals surface area contributed by atoms with Crippen molar-refractivity contribution >= 4 is 35.0 Å². The lowest BCUT2D eigenvalue weighted by Crippen LogP contribution is -2.29. The largest absolute Gasteiger partial charge is 0.342 e. The number of hydrogen-bond acceptors (Lipinski definition) is 7. The molecule has 1 aromatic heterocycles. The number of thioether (sulfide) groups is 1. The highest BCUT2D eigenvalue weighted by Gasteiger charge is 2.21. The summed E-state index contributed by atoms with van der Waals surface area (Å²) in [5.74, 6) is -1.10. The van der Waals surface area contributed by atoms with Crippen LogP contribution in [0, 0.1) is 22.9 Å². The zero-order valence-corrected chi connectivity index (χ0v) is 19.6. The second kappa shape index (κ2) is 10.9. The zero-order chi connectivity index (χ0) is 24.8. The molecule has 3 rings (SSSR count). The van der Waals surface area contributed by atoms with Gasteiger partial charge in [-0.3, -0.25) is 19.7 Å². The maximum absolute atomic E-state index is 13.9. The quantitative estimate of drug-likeness (QED) is 0.266. The molecule has 0 spiro atoms. The Morgan fingerprint density at radius 2 is 1.97 bits per heavy atom. The van der Waals surface area contributed by atoms with Gasteiger partial charge in [0, 0.05) is 23.9 Å². The van der Waals surface area contributed by atoms with E-state index in [0.29, 0.717) is 28.8 Å². The smallest absolute Gasteiger partial charge is 0.274 e. The SMILES string of the molecule is CCn1c(SCC(=O)Nc2ccc(C)c([N+](=O)[O-])c2)nnc1[C@H](C)NC(=O)c1ccccc1F. The number of aryl methyl sites for hydroxylation is 1. The van der Waals surface area contributed by atoms with E-state index >= 15 is 0 Å². The average molecular weight is 487 g/mol. The maximum atomic E-state index is 13.9. The maximum Gasteiger partial charge on any atom is 0.274 e. The molecule has 10 nitrogen and oxygen atoms in total. The summed E-state index contributed by atoms with van der Waals surface area (Å²) >= 11 is 1.14. The van der Waals surface area contributed by atoms with E-state index in [2.05, 4.69) is 20.8 Å². The van der Waals surface area contributed by atoms with Gasteiger partial charge < -0.3 is 15.2 Å². The number of carbonyl (C=O) groups excluding carboxylic acids is 2. The number of carbonyl (C=O) groups is 2. The number of rotatable bonds is 9. The van der Waals surface area contributed by atoms with E-state index in [1.165, 1.54) is 24.3 Å². The molecule has 12 heteroatoms. The molecule has 0 aliphatic heterocycles. The molecule has 0 bridgehead atoms. The van der Waals surface area contributed by atoms with Crippen LogP contribution in [-0.2, 0) is 11.3 Å². The number of amides is 2. The van der Waals surface area contributed by atoms with E-state index in [1.807, 2.05) is 6.92 Å². The summed E-state index contributed by atoms with van der Waals surface area (Å²) in [5, 5.41) is 25.2. The van der Waals surface area contributed by atoms with Gasteiger partial charge in [0.1, 0.15) is 5.82 Å². The standard InChI is InChI=1S/C22H23FN6O4S/c1-4-28-20(14(3)24-21(31)16-7-5-6-8-17(16)23)26-27-22(28)34-12-19(30)25-15-10-9-13(2)18(11-15)29(32)33/h5-11,14H,4,12H2,1-3H3,(H,24,31)(H,25,30)/t14-/m0/s1. The van der Waals surface area contributed by atoms with Gasteiger partial charge in [-0.05, 0) is 39.0 Å². The summed E-state index contributed by atoms with van der Waals surface area (Å²) < 4.78 is 15.6. The van der Waals surface area contributed by atoms with Crippen molar-refractivity contribution in [3.63, 3.8) is 0 Å². The van der Waals surface area contributed by atoms with Crippen LogP contribution >= 0.6 is 11.8 Å². The van der Waals surface area contributed by atoms with E-state index < -0.39 is 22.7 Å². The molecule has 0 fully saturated rings. The minimum atomic E-state index is -0.620. The van der Waals surface area contributed by atoms with Crippen LogP contribution in [0.15, 0.2) is 47.6 Å². The molecule has 3 aromatic rings. The highest BCUT2D eigenvalue weighted by atomic mass is 32.2. The van der Waals surface area contributed by atoms with Crippen LogP contribution in [0.25, 0.3) is 0 Å². The second-order valence-corrected chi connectivity index (χ2v) is 8.30. The summed E-state index contributed by atoms with van der Waals surface area (Å²) in [6, 6.07) is 9.60. The average Bonchev–Trinajstić information content (AvgIpc) is 3.22. The lowest BCUT2D eigenvalue weighted by atomic mass is 10.2. The van der Waals surface area contributed by atoms with E-state index in [-0.39, 0.29) is 22.9 Å². The van der Waals surface area contributed by atoms with Gasteiger partial charge in [0.05, 0.1) is 22.3 Å². The van der Waals surface area contributed by atoms with E-state index in [9.17, 15) is 24.1 Å². The minimum absolute atomic E-state index is 0.00419. The molecule has 0 unspecified atom stereocenters. The number of hydrogen-bond donors (Lipinski definition) is 2. The Balaban J connectivity index is 1.64. The predicted molar refractivity (Wildman–Crippen MR) is 125 cm³/mol. The Labute approximate surface area is 199 Å².